The molecule has 2 saturated heterocycles. The Morgan fingerprint density at radius 1 is 1.11 bits per heavy atom. The number of nitrogens with one attached hydrogen (secondary N) is 1. The van der Waals surface area contributed by atoms with Gasteiger partial charge in [-0.15, -0.1) is 13.2 Å². The first-order valence-corrected chi connectivity index (χ1v) is 16.1. The van der Waals surface area contributed by atoms with Gasteiger partial charge in [0.05, 0.1) is 32.3 Å². The maximum atomic E-state index is 13.7. The topological polar surface area (TPSA) is 77.0 Å². The number of piperidine rings is 1. The quantitative estimate of drug-likeness (QED) is 0.156. The fraction of sp³-hybridized carbons (Fsp3) is 0.472. The summed E-state index contributed by atoms with van der Waals surface area (Å²) in [5.74, 6) is -3.07. The number of hydrogen-bond acceptors (Lipinski definition) is 5. The Balaban J connectivity index is 1.22. The van der Waals surface area contributed by atoms with Crippen molar-refractivity contribution in [3.05, 3.63) is 101 Å². The zero-order valence-corrected chi connectivity index (χ0v) is 26.1. The third kappa shape index (κ3) is 4.96. The Morgan fingerprint density at radius 2 is 1.83 bits per heavy atom. The molecule has 5 aliphatic rings. The lowest BCUT2D eigenvalue weighted by Gasteiger charge is -2.61. The number of quaternary nitrogens is 1. The highest BCUT2D eigenvalue weighted by Gasteiger charge is 2.71. The zero-order chi connectivity index (χ0) is 32.3. The van der Waals surface area contributed by atoms with Crippen molar-refractivity contribution in [3.63, 3.8) is 0 Å². The predicted molar refractivity (Wildman–Crippen MR) is 165 cm³/mol. The van der Waals surface area contributed by atoms with Gasteiger partial charge >= 0.3 is 6.36 Å². The molecule has 1 saturated carbocycles. The Hall–Kier alpha value is -3.60. The number of alkyl halides is 3. The van der Waals surface area contributed by atoms with Gasteiger partial charge in [0.1, 0.15) is 6.10 Å². The van der Waals surface area contributed by atoms with Gasteiger partial charge in [0.2, 0.25) is 5.76 Å². The van der Waals surface area contributed by atoms with Crippen LogP contribution in [-0.4, -0.2) is 73.1 Å². The fourth-order valence-electron chi connectivity index (χ4n) is 9.24. The van der Waals surface area contributed by atoms with Crippen LogP contribution in [0.4, 0.5) is 13.2 Å². The summed E-state index contributed by atoms with van der Waals surface area (Å²) >= 11 is 0. The van der Waals surface area contributed by atoms with Crippen LogP contribution in [0.2, 0.25) is 0 Å². The van der Waals surface area contributed by atoms with Gasteiger partial charge in [-0.2, -0.15) is 0 Å². The molecule has 7 atom stereocenters. The lowest BCUT2D eigenvalue weighted by Crippen LogP contribution is -2.69. The highest BCUT2D eigenvalue weighted by Crippen LogP contribution is 2.67. The maximum absolute atomic E-state index is 13.7. The number of allylic oxidation sites excluding steroid dienone is 1. The van der Waals surface area contributed by atoms with E-state index in [4.69, 9.17) is 9.47 Å². The first-order valence-electron chi connectivity index (χ1n) is 16.1. The second kappa shape index (κ2) is 11.3. The van der Waals surface area contributed by atoms with E-state index in [1.54, 1.807) is 24.3 Å². The third-order valence-corrected chi connectivity index (χ3v) is 11.4. The summed E-state index contributed by atoms with van der Waals surface area (Å²) < 4.78 is 58.6. The largest absolute Gasteiger partial charge is 0.573 e. The van der Waals surface area contributed by atoms with E-state index in [0.717, 1.165) is 61.7 Å². The molecule has 1 spiro atoms. The molecule has 2 N–H and O–H groups in total. The van der Waals surface area contributed by atoms with Gasteiger partial charge in [0, 0.05) is 43.3 Å². The van der Waals surface area contributed by atoms with Gasteiger partial charge in [-0.25, -0.2) is 0 Å². The number of likely N-dealkylation sites (tertiary alicyclic amines) is 1. The van der Waals surface area contributed by atoms with Crippen LogP contribution in [0.3, 0.4) is 0 Å². The second-order valence-corrected chi connectivity index (χ2v) is 13.6. The molecule has 0 aromatic heterocycles. The number of aliphatic hydroxyl groups excluding tert-OH is 1. The number of likely N-dealkylation sites (N-methyl/N-ethyl adjacent to an activating group) is 1. The van der Waals surface area contributed by atoms with Crippen LogP contribution < -0.4 is 5.32 Å². The standard InChI is InChI=1S/C36H39F3N2O5/c1-41(20-17-23-10-5-3-6-11-23)21-19-34-26-14-9-15-28(34)45-32-29(34)25(22-27(26)41)16-18-35(32,44-2)40-33(43)31(46-36(37,38)39)30(42)24-12-7-4-8-13-24/h3-8,10-13,16,18,26-28,32H,9,14-15,17,19-22H2,1-2H3,(H-,40,42,43)/p+1/t26-,27+,28-,32?,34+,35?,41?/m0/s1. The fourth-order valence-corrected chi connectivity index (χ4v) is 9.24. The van der Waals surface area contributed by atoms with E-state index in [0.29, 0.717) is 12.0 Å². The average molecular weight is 638 g/mol. The lowest BCUT2D eigenvalue weighted by atomic mass is 9.50. The van der Waals surface area contributed by atoms with Crippen LogP contribution >= 0.6 is 0 Å². The monoisotopic (exact) mass is 637 g/mol. The predicted octanol–water partition coefficient (Wildman–Crippen LogP) is 6.19. The molecule has 2 bridgehead atoms. The van der Waals surface area contributed by atoms with Crippen LogP contribution in [0.25, 0.3) is 5.76 Å². The number of halogens is 3. The minimum atomic E-state index is -5.22. The van der Waals surface area contributed by atoms with Gasteiger partial charge in [0.15, 0.2) is 11.5 Å². The van der Waals surface area contributed by atoms with E-state index in [9.17, 15) is 23.1 Å². The third-order valence-electron chi connectivity index (χ3n) is 11.4. The van der Waals surface area contributed by atoms with E-state index in [1.807, 2.05) is 12.1 Å². The van der Waals surface area contributed by atoms with Crippen molar-refractivity contribution in [3.8, 4) is 0 Å². The molecule has 7 rings (SSSR count). The molecule has 244 valence electrons. The summed E-state index contributed by atoms with van der Waals surface area (Å²) in [5.41, 5.74) is 1.81. The maximum Gasteiger partial charge on any atom is 0.573 e. The molecule has 2 heterocycles. The van der Waals surface area contributed by atoms with Gasteiger partial charge in [0.25, 0.3) is 5.91 Å². The number of carbonyl (C=O) groups excluding carboxylic acids is 1. The number of hydrogen-bond donors (Lipinski definition) is 2. The van der Waals surface area contributed by atoms with E-state index >= 15 is 0 Å². The molecule has 3 unspecified atom stereocenters. The van der Waals surface area contributed by atoms with Gasteiger partial charge in [-0.05, 0) is 35.6 Å². The first kappa shape index (κ1) is 31.0. The number of ether oxygens (including phenoxy) is 3. The highest BCUT2D eigenvalue weighted by molar-refractivity contribution is 5.98. The molecule has 0 radical (unpaired) electrons. The van der Waals surface area contributed by atoms with Crippen molar-refractivity contribution in [2.45, 2.75) is 68.9 Å². The SMILES string of the molecule is COC1(NC(=O)C(OC(F)(F)F)=C(O)c2ccccc2)C=CC2=C3C1O[C@H]1CCC[C@H]4[C@@H](C2)[N+](C)(CCc2ccccc2)CC[C@]314. The Morgan fingerprint density at radius 3 is 2.52 bits per heavy atom. The zero-order valence-electron chi connectivity index (χ0n) is 26.1. The van der Waals surface area contributed by atoms with Crippen LogP contribution in [-0.2, 0) is 25.4 Å². The molecule has 7 nitrogen and oxygen atoms in total. The Kier molecular flexibility index (Phi) is 7.61. The van der Waals surface area contributed by atoms with Crippen LogP contribution in [0.1, 0.15) is 43.2 Å². The molecular formula is C36H40F3N2O5+. The van der Waals surface area contributed by atoms with Gasteiger partial charge < -0.3 is 29.1 Å². The van der Waals surface area contributed by atoms with Crippen molar-refractivity contribution in [2.24, 2.45) is 11.3 Å². The lowest BCUT2D eigenvalue weighted by molar-refractivity contribution is -0.945. The van der Waals surface area contributed by atoms with Crippen molar-refractivity contribution in [2.75, 3.05) is 27.2 Å². The molecule has 3 fully saturated rings. The summed E-state index contributed by atoms with van der Waals surface area (Å²) in [7, 11) is 3.80. The normalized spacial score (nSPS) is 34.9. The van der Waals surface area contributed by atoms with E-state index in [-0.39, 0.29) is 17.1 Å². The van der Waals surface area contributed by atoms with Crippen LogP contribution in [0.5, 0.6) is 0 Å². The minimum absolute atomic E-state index is 0.00591. The van der Waals surface area contributed by atoms with E-state index in [2.05, 4.69) is 41.4 Å². The molecule has 2 aliphatic heterocycles. The molecule has 2 aromatic carbocycles. The number of nitrogens with zero attached hydrogens (tertiary/aromatic N) is 1. The molecule has 46 heavy (non-hydrogen) atoms. The number of benzene rings is 2. The molecule has 2 aromatic rings. The van der Waals surface area contributed by atoms with Crippen LogP contribution in [0.15, 0.2) is 89.7 Å². The van der Waals surface area contributed by atoms with E-state index in [1.165, 1.54) is 30.4 Å². The van der Waals surface area contributed by atoms with Crippen molar-refractivity contribution in [1.29, 1.82) is 0 Å². The van der Waals surface area contributed by atoms with E-state index < -0.39 is 35.6 Å². The molecule has 1 amide bonds. The number of rotatable bonds is 8. The van der Waals surface area contributed by atoms with Gasteiger partial charge in [-0.3, -0.25) is 4.79 Å². The Labute approximate surface area is 266 Å². The Bertz CT molecular complexity index is 1590. The molecule has 3 aliphatic carbocycles. The average Bonchev–Trinajstić information content (AvgIpc) is 3.41. The number of amides is 1. The summed E-state index contributed by atoms with van der Waals surface area (Å²) in [5, 5.41) is 13.5. The van der Waals surface area contributed by atoms with Gasteiger partial charge in [-0.1, -0.05) is 73.2 Å². The summed E-state index contributed by atoms with van der Waals surface area (Å²) in [6, 6.07) is 18.5. The summed E-state index contributed by atoms with van der Waals surface area (Å²) in [4.78, 5) is 13.7. The highest BCUT2D eigenvalue weighted by atomic mass is 19.4. The second-order valence-electron chi connectivity index (χ2n) is 13.6. The van der Waals surface area contributed by atoms with Crippen LogP contribution in [0, 0.1) is 11.3 Å². The number of aliphatic hydroxyl groups is 1. The van der Waals surface area contributed by atoms with Crippen molar-refractivity contribution >= 4 is 11.7 Å². The number of methoxy groups -OCH3 is 1. The molecule has 10 heteroatoms. The number of carbonyl (C=O) groups is 1. The summed E-state index contributed by atoms with van der Waals surface area (Å²) in [6.07, 6.45) is 3.41. The van der Waals surface area contributed by atoms with Crippen molar-refractivity contribution in [1.82, 2.24) is 5.32 Å². The summed E-state index contributed by atoms with van der Waals surface area (Å²) in [6.45, 7) is 2.03. The smallest absolute Gasteiger partial charge is 0.504 e. The molecular weight excluding hydrogens is 597 g/mol. The first-order chi connectivity index (χ1) is 22.0. The van der Waals surface area contributed by atoms with Crippen molar-refractivity contribution < 1.29 is 41.8 Å². The minimum Gasteiger partial charge on any atom is -0.504 e.